The van der Waals surface area contributed by atoms with Crippen molar-refractivity contribution in [1.82, 2.24) is 4.98 Å². The van der Waals surface area contributed by atoms with Gasteiger partial charge in [-0.05, 0) is 42.5 Å². The highest BCUT2D eigenvalue weighted by atomic mass is 16.3. The van der Waals surface area contributed by atoms with E-state index in [9.17, 15) is 9.90 Å². The molecule has 2 N–H and O–H groups in total. The van der Waals surface area contributed by atoms with Gasteiger partial charge < -0.3 is 14.8 Å². The fourth-order valence-electron chi connectivity index (χ4n) is 2.57. The molecule has 0 radical (unpaired) electrons. The number of carbonyl (C=O) groups is 1. The molecule has 0 fully saturated rings. The van der Waals surface area contributed by atoms with E-state index in [0.717, 1.165) is 0 Å². The van der Waals surface area contributed by atoms with Gasteiger partial charge in [0.1, 0.15) is 11.3 Å². The molecular formula is C20H14N2O3. The van der Waals surface area contributed by atoms with E-state index in [-0.39, 0.29) is 11.7 Å². The largest absolute Gasteiger partial charge is 0.507 e. The second-order valence-electron chi connectivity index (χ2n) is 5.54. The first kappa shape index (κ1) is 15.0. The lowest BCUT2D eigenvalue weighted by molar-refractivity contribution is 0.102. The number of amides is 1. The summed E-state index contributed by atoms with van der Waals surface area (Å²) >= 11 is 0. The van der Waals surface area contributed by atoms with E-state index in [1.54, 1.807) is 36.4 Å². The number of oxazole rings is 1. The maximum atomic E-state index is 12.3. The molecule has 4 rings (SSSR count). The van der Waals surface area contributed by atoms with Crippen molar-refractivity contribution in [1.29, 1.82) is 0 Å². The number of anilines is 1. The first-order valence-corrected chi connectivity index (χ1v) is 7.76. The lowest BCUT2D eigenvalue weighted by Crippen LogP contribution is -2.11. The van der Waals surface area contributed by atoms with Crippen molar-refractivity contribution in [2.45, 2.75) is 0 Å². The van der Waals surface area contributed by atoms with Crippen LogP contribution in [0.2, 0.25) is 0 Å². The molecule has 0 aliphatic rings. The number of aromatic nitrogens is 1. The van der Waals surface area contributed by atoms with E-state index < -0.39 is 0 Å². The highest BCUT2D eigenvalue weighted by molar-refractivity contribution is 6.04. The zero-order valence-corrected chi connectivity index (χ0v) is 13.1. The van der Waals surface area contributed by atoms with E-state index >= 15 is 0 Å². The van der Waals surface area contributed by atoms with Gasteiger partial charge in [0.25, 0.3) is 5.91 Å². The van der Waals surface area contributed by atoms with Gasteiger partial charge in [0, 0.05) is 11.3 Å². The van der Waals surface area contributed by atoms with Crippen LogP contribution in [0, 0.1) is 0 Å². The van der Waals surface area contributed by atoms with E-state index in [4.69, 9.17) is 4.42 Å². The zero-order valence-electron chi connectivity index (χ0n) is 13.1. The van der Waals surface area contributed by atoms with Crippen LogP contribution in [0.1, 0.15) is 10.4 Å². The van der Waals surface area contributed by atoms with E-state index in [2.05, 4.69) is 10.3 Å². The molecule has 0 saturated heterocycles. The highest BCUT2D eigenvalue weighted by Crippen LogP contribution is 2.33. The van der Waals surface area contributed by atoms with Crippen LogP contribution in [0.25, 0.3) is 22.6 Å². The van der Waals surface area contributed by atoms with E-state index in [0.29, 0.717) is 33.8 Å². The Kier molecular flexibility index (Phi) is 3.67. The molecule has 25 heavy (non-hydrogen) atoms. The third-order valence-corrected chi connectivity index (χ3v) is 3.81. The van der Waals surface area contributed by atoms with Crippen molar-refractivity contribution < 1.29 is 14.3 Å². The Morgan fingerprint density at radius 3 is 2.52 bits per heavy atom. The Balaban J connectivity index is 1.68. The molecule has 5 heteroatoms. The van der Waals surface area contributed by atoms with Crippen molar-refractivity contribution in [3.05, 3.63) is 78.4 Å². The Morgan fingerprint density at radius 1 is 0.960 bits per heavy atom. The van der Waals surface area contributed by atoms with Crippen molar-refractivity contribution in [2.24, 2.45) is 0 Å². The predicted octanol–water partition coefficient (Wildman–Crippen LogP) is 4.45. The van der Waals surface area contributed by atoms with Gasteiger partial charge in [-0.3, -0.25) is 4.79 Å². The van der Waals surface area contributed by atoms with Gasteiger partial charge in [-0.15, -0.1) is 0 Å². The fourth-order valence-corrected chi connectivity index (χ4v) is 2.57. The predicted molar refractivity (Wildman–Crippen MR) is 95.5 cm³/mol. The number of benzene rings is 3. The summed E-state index contributed by atoms with van der Waals surface area (Å²) in [6, 6.07) is 21.1. The summed E-state index contributed by atoms with van der Waals surface area (Å²) in [5.41, 5.74) is 2.86. The SMILES string of the molecule is O=C(Nc1ccc(O)c(-c2nc3ccccc3o2)c1)c1ccccc1. The number of nitrogens with one attached hydrogen (secondary N) is 1. The fraction of sp³-hybridized carbons (Fsp3) is 0. The van der Waals surface area contributed by atoms with Crippen LogP contribution in [0.15, 0.2) is 77.2 Å². The van der Waals surface area contributed by atoms with Gasteiger partial charge in [-0.2, -0.15) is 0 Å². The smallest absolute Gasteiger partial charge is 0.255 e. The second kappa shape index (κ2) is 6.13. The van der Waals surface area contributed by atoms with E-state index in [1.165, 1.54) is 6.07 Å². The number of phenols is 1. The molecule has 0 aliphatic heterocycles. The van der Waals surface area contributed by atoms with Crippen molar-refractivity contribution in [3.63, 3.8) is 0 Å². The molecule has 3 aromatic carbocycles. The molecule has 1 heterocycles. The van der Waals surface area contributed by atoms with Gasteiger partial charge in [-0.1, -0.05) is 30.3 Å². The van der Waals surface area contributed by atoms with Gasteiger partial charge in [0.15, 0.2) is 5.58 Å². The molecule has 0 saturated carbocycles. The van der Waals surface area contributed by atoms with Gasteiger partial charge in [0.2, 0.25) is 5.89 Å². The van der Waals surface area contributed by atoms with Crippen LogP contribution in [0.5, 0.6) is 5.75 Å². The zero-order chi connectivity index (χ0) is 17.2. The minimum absolute atomic E-state index is 0.0317. The summed E-state index contributed by atoms with van der Waals surface area (Å²) in [5, 5.41) is 13.0. The second-order valence-corrected chi connectivity index (χ2v) is 5.54. The van der Waals surface area contributed by atoms with Gasteiger partial charge >= 0.3 is 0 Å². The molecule has 122 valence electrons. The molecule has 1 amide bonds. The minimum Gasteiger partial charge on any atom is -0.507 e. The minimum atomic E-state index is -0.227. The van der Waals surface area contributed by atoms with Crippen LogP contribution in [0.4, 0.5) is 5.69 Å². The molecule has 5 nitrogen and oxygen atoms in total. The third kappa shape index (κ3) is 2.95. The quantitative estimate of drug-likeness (QED) is 0.544. The standard InChI is InChI=1S/C20H14N2O3/c23-17-11-10-14(21-19(24)13-6-2-1-3-7-13)12-15(17)20-22-16-8-4-5-9-18(16)25-20/h1-12,23H,(H,21,24). The summed E-state index contributed by atoms with van der Waals surface area (Å²) in [4.78, 5) is 16.7. The Labute approximate surface area is 143 Å². The Hall–Kier alpha value is -3.60. The van der Waals surface area contributed by atoms with Crippen molar-refractivity contribution in [3.8, 4) is 17.2 Å². The average molecular weight is 330 g/mol. The van der Waals surface area contributed by atoms with Crippen LogP contribution in [-0.2, 0) is 0 Å². The maximum absolute atomic E-state index is 12.3. The number of carbonyl (C=O) groups excluding carboxylic acids is 1. The number of nitrogens with zero attached hydrogens (tertiary/aromatic N) is 1. The van der Waals surface area contributed by atoms with Crippen LogP contribution >= 0.6 is 0 Å². The van der Waals surface area contributed by atoms with Crippen LogP contribution in [-0.4, -0.2) is 16.0 Å². The van der Waals surface area contributed by atoms with Gasteiger partial charge in [0.05, 0.1) is 5.56 Å². The first-order chi connectivity index (χ1) is 12.2. The lowest BCUT2D eigenvalue weighted by atomic mass is 10.1. The molecule has 0 bridgehead atoms. The summed E-state index contributed by atoms with van der Waals surface area (Å²) in [7, 11) is 0. The molecule has 0 aliphatic carbocycles. The number of hydrogen-bond acceptors (Lipinski definition) is 4. The number of para-hydroxylation sites is 2. The normalized spacial score (nSPS) is 10.7. The molecule has 0 unspecified atom stereocenters. The molecule has 0 spiro atoms. The maximum Gasteiger partial charge on any atom is 0.255 e. The molecule has 1 aromatic heterocycles. The number of rotatable bonds is 3. The average Bonchev–Trinajstić information content (AvgIpc) is 3.08. The summed E-state index contributed by atoms with van der Waals surface area (Å²) in [6.07, 6.45) is 0. The highest BCUT2D eigenvalue weighted by Gasteiger charge is 2.14. The summed E-state index contributed by atoms with van der Waals surface area (Å²) < 4.78 is 5.70. The monoisotopic (exact) mass is 330 g/mol. The van der Waals surface area contributed by atoms with Crippen LogP contribution < -0.4 is 5.32 Å². The third-order valence-electron chi connectivity index (χ3n) is 3.81. The topological polar surface area (TPSA) is 75.4 Å². The molecule has 0 atom stereocenters. The number of hydrogen-bond donors (Lipinski definition) is 2. The number of fused-ring (bicyclic) bond motifs is 1. The lowest BCUT2D eigenvalue weighted by Gasteiger charge is -2.07. The first-order valence-electron chi connectivity index (χ1n) is 7.76. The van der Waals surface area contributed by atoms with Crippen LogP contribution in [0.3, 0.4) is 0 Å². The van der Waals surface area contributed by atoms with Crippen molar-refractivity contribution >= 4 is 22.7 Å². The van der Waals surface area contributed by atoms with E-state index in [1.807, 2.05) is 30.3 Å². The Morgan fingerprint density at radius 2 is 1.72 bits per heavy atom. The number of aromatic hydroxyl groups is 1. The summed E-state index contributed by atoms with van der Waals surface area (Å²) in [5.74, 6) is 0.105. The molecule has 4 aromatic rings. The van der Waals surface area contributed by atoms with Crippen molar-refractivity contribution in [2.75, 3.05) is 5.32 Å². The summed E-state index contributed by atoms with van der Waals surface area (Å²) in [6.45, 7) is 0. The Bertz CT molecular complexity index is 1020. The van der Waals surface area contributed by atoms with Gasteiger partial charge in [-0.25, -0.2) is 4.98 Å². The molecular weight excluding hydrogens is 316 g/mol. The number of phenolic OH excluding ortho intramolecular Hbond substituents is 1.